The molecule has 4 nitrogen and oxygen atoms in total. The van der Waals surface area contributed by atoms with Gasteiger partial charge in [-0.1, -0.05) is 45.0 Å². The van der Waals surface area contributed by atoms with Crippen molar-refractivity contribution in [2.45, 2.75) is 51.5 Å². The third-order valence-electron chi connectivity index (χ3n) is 4.92. The van der Waals surface area contributed by atoms with E-state index in [9.17, 15) is 4.79 Å². The van der Waals surface area contributed by atoms with Crippen molar-refractivity contribution in [3.05, 3.63) is 35.4 Å². The Balaban J connectivity index is 0.00000288. The molecule has 1 atom stereocenters. The summed E-state index contributed by atoms with van der Waals surface area (Å²) in [5.41, 5.74) is 8.58. The maximum atomic E-state index is 12.3. The van der Waals surface area contributed by atoms with E-state index < -0.39 is 6.04 Å². The summed E-state index contributed by atoms with van der Waals surface area (Å²) in [6.45, 7) is 8.45. The van der Waals surface area contributed by atoms with E-state index in [1.165, 1.54) is 11.1 Å². The van der Waals surface area contributed by atoms with E-state index in [0.717, 1.165) is 19.3 Å². The van der Waals surface area contributed by atoms with Crippen LogP contribution in [0.3, 0.4) is 0 Å². The number of halogens is 1. The van der Waals surface area contributed by atoms with E-state index in [2.05, 4.69) is 50.4 Å². The number of nitrogens with one attached hydrogen (secondary N) is 1. The molecule has 1 saturated heterocycles. The van der Waals surface area contributed by atoms with Gasteiger partial charge in [-0.25, -0.2) is 0 Å². The maximum Gasteiger partial charge on any atom is 0.237 e. The summed E-state index contributed by atoms with van der Waals surface area (Å²) in [4.78, 5) is 12.3. The van der Waals surface area contributed by atoms with E-state index in [0.29, 0.717) is 19.8 Å². The monoisotopic (exact) mass is 354 g/mol. The average Bonchev–Trinajstić information content (AvgIpc) is 2.60. The highest BCUT2D eigenvalue weighted by Crippen LogP contribution is 2.23. The number of ether oxygens (including phenoxy) is 1. The summed E-state index contributed by atoms with van der Waals surface area (Å²) in [6.07, 6.45) is 2.78. The molecular weight excluding hydrogens is 324 g/mol. The second kappa shape index (κ2) is 9.40. The molecule has 0 aliphatic carbocycles. The first-order valence-corrected chi connectivity index (χ1v) is 8.64. The van der Waals surface area contributed by atoms with Crippen LogP contribution in [0.15, 0.2) is 24.3 Å². The molecule has 1 fully saturated rings. The van der Waals surface area contributed by atoms with Gasteiger partial charge in [0.05, 0.1) is 6.04 Å². The fraction of sp³-hybridized carbons (Fsp3) is 0.632. The third-order valence-corrected chi connectivity index (χ3v) is 4.92. The first-order chi connectivity index (χ1) is 10.9. The molecule has 24 heavy (non-hydrogen) atoms. The number of amides is 1. The quantitative estimate of drug-likeness (QED) is 0.825. The van der Waals surface area contributed by atoms with E-state index in [1.807, 2.05) is 0 Å². The summed E-state index contributed by atoms with van der Waals surface area (Å²) in [5.74, 6) is 0.186. The third kappa shape index (κ3) is 5.47. The highest BCUT2D eigenvalue weighted by molar-refractivity contribution is 5.85. The molecule has 0 aromatic heterocycles. The molecule has 1 amide bonds. The predicted molar refractivity (Wildman–Crippen MR) is 101 cm³/mol. The number of carbonyl (C=O) groups excluding carboxylic acids is 1. The van der Waals surface area contributed by atoms with Crippen LogP contribution in [-0.4, -0.2) is 31.7 Å². The lowest BCUT2D eigenvalue weighted by atomic mass is 9.83. The molecule has 2 rings (SSSR count). The maximum absolute atomic E-state index is 12.3. The molecule has 1 heterocycles. The van der Waals surface area contributed by atoms with Crippen molar-refractivity contribution in [3.8, 4) is 0 Å². The Labute approximate surface area is 151 Å². The molecule has 1 aromatic carbocycles. The molecule has 0 radical (unpaired) electrons. The number of benzene rings is 1. The molecule has 0 bridgehead atoms. The summed E-state index contributed by atoms with van der Waals surface area (Å²) >= 11 is 0. The molecule has 1 aliphatic rings. The van der Waals surface area contributed by atoms with Gasteiger partial charge in [0, 0.05) is 25.2 Å². The van der Waals surface area contributed by atoms with E-state index >= 15 is 0 Å². The minimum atomic E-state index is -0.433. The zero-order valence-electron chi connectivity index (χ0n) is 15.0. The van der Waals surface area contributed by atoms with E-state index in [4.69, 9.17) is 10.5 Å². The standard InChI is InChI=1S/C19H30N2O2.ClH/c1-4-14-5-7-16(8-6-14)19(2,3)13-21-18(22)17(20)15-9-11-23-12-10-15;/h5-8,15,17H,4,9-13,20H2,1-3H3,(H,21,22);1H. The Morgan fingerprint density at radius 1 is 1.29 bits per heavy atom. The van der Waals surface area contributed by atoms with Crippen molar-refractivity contribution >= 4 is 18.3 Å². The molecule has 1 aliphatic heterocycles. The number of nitrogens with two attached hydrogens (primary N) is 1. The van der Waals surface area contributed by atoms with Gasteiger partial charge >= 0.3 is 0 Å². The van der Waals surface area contributed by atoms with Crippen LogP contribution in [-0.2, 0) is 21.4 Å². The predicted octanol–water partition coefficient (Wildman–Crippen LogP) is 2.82. The highest BCUT2D eigenvalue weighted by Gasteiger charge is 2.28. The number of carbonyl (C=O) groups is 1. The zero-order chi connectivity index (χ0) is 16.9. The van der Waals surface area contributed by atoms with Crippen molar-refractivity contribution in [1.82, 2.24) is 5.32 Å². The highest BCUT2D eigenvalue weighted by atomic mass is 35.5. The van der Waals surface area contributed by atoms with E-state index in [1.54, 1.807) is 0 Å². The fourth-order valence-corrected chi connectivity index (χ4v) is 3.01. The van der Waals surface area contributed by atoms with Crippen molar-refractivity contribution in [2.24, 2.45) is 11.7 Å². The Hall–Kier alpha value is -1.10. The molecule has 1 aromatic rings. The molecule has 3 N–H and O–H groups in total. The second-order valence-corrected chi connectivity index (χ2v) is 7.13. The Morgan fingerprint density at radius 3 is 2.42 bits per heavy atom. The van der Waals surface area contributed by atoms with Crippen LogP contribution in [0.5, 0.6) is 0 Å². The van der Waals surface area contributed by atoms with Crippen LogP contribution >= 0.6 is 12.4 Å². The lowest BCUT2D eigenvalue weighted by Gasteiger charge is -2.30. The summed E-state index contributed by atoms with van der Waals surface area (Å²) in [5, 5.41) is 3.04. The van der Waals surface area contributed by atoms with Crippen molar-refractivity contribution < 1.29 is 9.53 Å². The normalized spacial score (nSPS) is 17.0. The van der Waals surface area contributed by atoms with Crippen molar-refractivity contribution in [1.29, 1.82) is 0 Å². The Morgan fingerprint density at radius 2 is 1.88 bits per heavy atom. The molecule has 0 saturated carbocycles. The number of hydrogen-bond donors (Lipinski definition) is 2. The average molecular weight is 355 g/mol. The molecule has 0 spiro atoms. The van der Waals surface area contributed by atoms with Gasteiger partial charge in [0.25, 0.3) is 0 Å². The van der Waals surface area contributed by atoms with Gasteiger partial charge in [-0.05, 0) is 36.3 Å². The van der Waals surface area contributed by atoms with Crippen LogP contribution in [0, 0.1) is 5.92 Å². The lowest BCUT2D eigenvalue weighted by molar-refractivity contribution is -0.124. The smallest absolute Gasteiger partial charge is 0.237 e. The second-order valence-electron chi connectivity index (χ2n) is 7.13. The van der Waals surface area contributed by atoms with Crippen LogP contribution in [0.2, 0.25) is 0 Å². The van der Waals surface area contributed by atoms with Gasteiger partial charge in [-0.2, -0.15) is 0 Å². The lowest BCUT2D eigenvalue weighted by Crippen LogP contribution is -2.49. The summed E-state index contributed by atoms with van der Waals surface area (Å²) in [7, 11) is 0. The number of aryl methyl sites for hydroxylation is 1. The van der Waals surface area contributed by atoms with Crippen molar-refractivity contribution in [3.63, 3.8) is 0 Å². The van der Waals surface area contributed by atoms with Gasteiger partial charge < -0.3 is 15.8 Å². The zero-order valence-corrected chi connectivity index (χ0v) is 15.8. The van der Waals surface area contributed by atoms with Gasteiger partial charge in [-0.3, -0.25) is 4.79 Å². The fourth-order valence-electron chi connectivity index (χ4n) is 3.01. The summed E-state index contributed by atoms with van der Waals surface area (Å²) in [6, 6.07) is 8.20. The largest absolute Gasteiger partial charge is 0.381 e. The first-order valence-electron chi connectivity index (χ1n) is 8.64. The first kappa shape index (κ1) is 20.9. The van der Waals surface area contributed by atoms with E-state index in [-0.39, 0.29) is 29.6 Å². The van der Waals surface area contributed by atoms with Crippen LogP contribution < -0.4 is 11.1 Å². The summed E-state index contributed by atoms with van der Waals surface area (Å²) < 4.78 is 5.33. The molecular formula is C19H31ClN2O2. The van der Waals surface area contributed by atoms with Gasteiger partial charge in [0.15, 0.2) is 0 Å². The minimum Gasteiger partial charge on any atom is -0.381 e. The minimum absolute atomic E-state index is 0. The number of rotatable bonds is 6. The van der Waals surface area contributed by atoms with Crippen LogP contribution in [0.1, 0.15) is 44.7 Å². The van der Waals surface area contributed by atoms with Crippen molar-refractivity contribution in [2.75, 3.05) is 19.8 Å². The van der Waals surface area contributed by atoms with Gasteiger partial charge in [0.2, 0.25) is 5.91 Å². The Bertz CT molecular complexity index is 511. The van der Waals surface area contributed by atoms with Crippen LogP contribution in [0.4, 0.5) is 0 Å². The molecule has 1 unspecified atom stereocenters. The Kier molecular flexibility index (Phi) is 8.20. The van der Waals surface area contributed by atoms with Gasteiger partial charge in [-0.15, -0.1) is 12.4 Å². The number of hydrogen-bond acceptors (Lipinski definition) is 3. The van der Waals surface area contributed by atoms with Crippen LogP contribution in [0.25, 0.3) is 0 Å². The topological polar surface area (TPSA) is 64.4 Å². The SMILES string of the molecule is CCc1ccc(C(C)(C)CNC(=O)C(N)C2CCOCC2)cc1.Cl. The molecule has 136 valence electrons. The molecule has 5 heteroatoms. The van der Waals surface area contributed by atoms with Gasteiger partial charge in [0.1, 0.15) is 0 Å².